The van der Waals surface area contributed by atoms with Crippen LogP contribution in [0.3, 0.4) is 0 Å². The van der Waals surface area contributed by atoms with Crippen LogP contribution >= 0.6 is 734 Å². The molecule has 0 spiro atoms. The van der Waals surface area contributed by atoms with Gasteiger partial charge in [0.15, 0.2) is 0 Å². The van der Waals surface area contributed by atoms with Gasteiger partial charge in [0.2, 0.25) is 0 Å². The van der Waals surface area contributed by atoms with E-state index in [-0.39, 0.29) is 76.9 Å². The van der Waals surface area contributed by atoms with Crippen LogP contribution in [0.4, 0.5) is 0 Å². The van der Waals surface area contributed by atoms with Crippen LogP contribution in [0.1, 0.15) is 0 Å². The Kier molecular flexibility index (Phi) is 103. The second-order valence-corrected chi connectivity index (χ2v) is 397. The third-order valence-corrected chi connectivity index (χ3v) is 661. The number of hydrogen-bond acceptors (Lipinski definition) is 0. The van der Waals surface area contributed by atoms with Crippen molar-refractivity contribution in [3.63, 3.8) is 0 Å². The maximum atomic E-state index is 4.04. The Labute approximate surface area is 722 Å². The van der Waals surface area contributed by atoms with Crippen molar-refractivity contribution >= 4 is 734 Å². The molecular weight excluding hydrogens is 2850 g/mol. The molecule has 0 saturated carbocycles. The number of rotatable bonds is 44. The van der Waals surface area contributed by atoms with Crippen LogP contribution in [0.25, 0.3) is 0 Å². The Morgan fingerprint density at radius 1 is 0.0652 bits per heavy atom. The molecule has 0 aromatic carbocycles. The van der Waals surface area contributed by atoms with Gasteiger partial charge in [0, 0.05) is 0 Å². The smallest absolute Gasteiger partial charge is 0.000000896 e. The highest BCUT2D eigenvalue weighted by Crippen LogP contribution is 3.54. The molecule has 0 aliphatic heterocycles. The molecule has 0 aliphatic carbocycles. The van der Waals surface area contributed by atoms with Crippen LogP contribution in [0.5, 0.6) is 0 Å². The van der Waals surface area contributed by atoms with E-state index in [0.717, 1.165) is 0 Å². The monoisotopic (exact) mass is 2940 g/mol. The molecule has 0 rings (SSSR count). The lowest BCUT2D eigenvalue weighted by Gasteiger charge is -2.63. The summed E-state index contributed by atoms with van der Waals surface area (Å²) >= 11 is 0. The highest BCUT2D eigenvalue weighted by molar-refractivity contribution is 9.59. The second-order valence-electron chi connectivity index (χ2n) is 14.7. The van der Waals surface area contributed by atoms with Crippen LogP contribution in [0.15, 0.2) is 0 Å². The summed E-state index contributed by atoms with van der Waals surface area (Å²) < 4.78 is 0. The van der Waals surface area contributed by atoms with Crippen molar-refractivity contribution in [3.8, 4) is 0 Å². The van der Waals surface area contributed by atoms with Crippen LogP contribution in [0, 0.1) is 0 Å². The number of hydrogen-bond donors (Lipinski definition) is 0. The summed E-state index contributed by atoms with van der Waals surface area (Å²) in [7, 11) is 177. The van der Waals surface area contributed by atoms with Gasteiger partial charge in [-0.3, -0.25) is 0 Å². The van der Waals surface area contributed by atoms with Crippen LogP contribution in [-0.4, -0.2) is 0 Å². The summed E-state index contributed by atoms with van der Waals surface area (Å²) in [4.78, 5) is 0. The lowest BCUT2D eigenvalue weighted by molar-refractivity contribution is 4.30. The van der Waals surface area contributed by atoms with Crippen molar-refractivity contribution in [3.05, 3.63) is 0 Å². The molecule has 0 heterocycles. The van der Waals surface area contributed by atoms with E-state index in [9.17, 15) is 0 Å². The van der Waals surface area contributed by atoms with Crippen molar-refractivity contribution in [2.45, 2.75) is 0 Å². The van der Waals surface area contributed by atoms with Gasteiger partial charge in [-0.1, -0.05) is 0 Å². The SMILES string of the molecule is PP(P)P(P)P(P(P(P)P)P(P)P)P(P(P(P(P)P)P(P)P)P(P(P)P)P(P)P)P(P(P(P(P(P)P)P(P)P)P(P(P)P)P(P)P)P(P(P(P)P)P(P)P)P(P(P)P)P(P)P)P(P(P(P(P)P)P(P)P)P(P(P)P)P(P)P)P(P(P(P)P)P(P)P)P(P(P)P)P(P)P. The summed E-state index contributed by atoms with van der Waals surface area (Å²) in [6, 6.07) is 0. The minimum atomic E-state index is -0.585. The molecular formula is H94P92. The molecule has 50 unspecified atom stereocenters. The second kappa shape index (κ2) is 71.9. The summed E-state index contributed by atoms with van der Waals surface area (Å²) in [6.07, 6.45) is 0. The Morgan fingerprint density at radius 2 is 0.130 bits per heavy atom. The summed E-state index contributed by atoms with van der Waals surface area (Å²) in [5.74, 6) is 0. The molecule has 0 aliphatic rings. The van der Waals surface area contributed by atoms with Crippen molar-refractivity contribution in [2.75, 3.05) is 0 Å². The first kappa shape index (κ1) is 132. The van der Waals surface area contributed by atoms with E-state index in [1.54, 1.807) is 0 Å². The quantitative estimate of drug-likeness (QED) is 0.0534. The van der Waals surface area contributed by atoms with E-state index in [4.69, 9.17) is 0 Å². The molecule has 0 radical (unpaired) electrons. The van der Waals surface area contributed by atoms with Crippen LogP contribution in [-0.2, 0) is 0 Å². The van der Waals surface area contributed by atoms with Gasteiger partial charge in [-0.15, -0.1) is 420 Å². The minimum Gasteiger partial charge on any atom is -0.102 e. The molecule has 554 valence electrons. The zero-order valence-corrected chi connectivity index (χ0v) is 142. The highest BCUT2D eigenvalue weighted by atomic mass is 33.6. The standard InChI is InChI=1S/H94P92/c1-48(2)71(47)83(72(49(3)4)50(5)6)89(84(73(51(7)8)52(9)10)74(53(11)12)54(13)14)92(90(85(75(55(15)16)56(17)18)76(57(19)20)58(21)22)86(77(59(23)24)60(25)26)78(61(27)28)62(29)30)91(87(79(63(31)32)64(33)34)80(65(35)36)66(37)38)88(81(67(39)40)68(41)42)82(69(43)44)70(45)46/h1-47H2. The molecule has 0 aromatic rings. The molecule has 92 heavy (non-hydrogen) atoms. The largest absolute Gasteiger partial charge is 0.102 e. The third kappa shape index (κ3) is 46.1. The lowest BCUT2D eigenvalue weighted by Crippen LogP contribution is -1.76. The summed E-state index contributed by atoms with van der Waals surface area (Å²) in [5.41, 5.74) is 0. The van der Waals surface area contributed by atoms with Gasteiger partial charge in [-0.2, -0.15) is 0 Å². The average Bonchev–Trinajstić information content (AvgIpc) is 3.33. The minimum absolute atomic E-state index is 0.368. The van der Waals surface area contributed by atoms with Crippen LogP contribution in [0.2, 0.25) is 0 Å². The highest BCUT2D eigenvalue weighted by Gasteiger charge is 2.66. The molecule has 0 bridgehead atoms. The van der Waals surface area contributed by atoms with Gasteiger partial charge in [0.1, 0.15) is 0 Å². The lowest BCUT2D eigenvalue weighted by atomic mass is 28.3. The molecule has 0 N–H and O–H groups in total. The molecule has 0 fully saturated rings. The normalized spacial score (nSPS) is 15.6. The van der Waals surface area contributed by atoms with E-state index >= 15 is 0 Å². The average molecular weight is 2940 g/mol. The predicted octanol–water partition coefficient (Wildman–Crippen LogP) is 54.1. The van der Waals surface area contributed by atoms with Gasteiger partial charge in [0.05, 0.1) is 0 Å². The Morgan fingerprint density at radius 3 is 0.207 bits per heavy atom. The predicted molar refractivity (Wildman–Crippen MR) is 768 cm³/mol. The van der Waals surface area contributed by atoms with Crippen molar-refractivity contribution < 1.29 is 0 Å². The molecule has 0 aromatic heterocycles. The Hall–Kier alpha value is 39.6. The topological polar surface area (TPSA) is 0 Å². The summed E-state index contributed by atoms with van der Waals surface area (Å²) in [5, 5.41) is 0. The molecule has 0 nitrogen and oxygen atoms in total. The first-order valence-electron chi connectivity index (χ1n) is 20.9. The molecule has 0 saturated heterocycles. The summed E-state index contributed by atoms with van der Waals surface area (Å²) in [6.45, 7) is -18.7. The van der Waals surface area contributed by atoms with Gasteiger partial charge in [0.25, 0.3) is 0 Å². The van der Waals surface area contributed by atoms with Crippen molar-refractivity contribution in [2.24, 2.45) is 0 Å². The molecule has 92 heteroatoms. The van der Waals surface area contributed by atoms with E-state index < -0.39 is 238 Å². The Bertz CT molecular complexity index is 1500. The fourth-order valence-corrected chi connectivity index (χ4v) is 1360. The molecule has 0 amide bonds. The maximum absolute atomic E-state index is 4.04. The first-order chi connectivity index (χ1) is 41.8. The van der Waals surface area contributed by atoms with E-state index in [2.05, 4.69) is 420 Å². The van der Waals surface area contributed by atoms with Crippen LogP contribution < -0.4 is 0 Å². The van der Waals surface area contributed by atoms with Crippen molar-refractivity contribution in [1.82, 2.24) is 0 Å². The van der Waals surface area contributed by atoms with Gasteiger partial charge in [-0.05, 0) is 314 Å². The van der Waals surface area contributed by atoms with Gasteiger partial charge >= 0.3 is 0 Å². The fraction of sp³-hybridized carbons (Fsp3) is 0. The zero-order valence-electron chi connectivity index (χ0n) is 47.3. The Balaban J connectivity index is 14.0. The van der Waals surface area contributed by atoms with Crippen molar-refractivity contribution in [1.29, 1.82) is 0 Å². The first-order valence-corrected chi connectivity index (χ1v) is 188. The zero-order chi connectivity index (χ0) is 73.0. The molecule has 50 atom stereocenters. The van der Waals surface area contributed by atoms with Gasteiger partial charge < -0.3 is 0 Å². The maximum Gasteiger partial charge on any atom is -0.000000896 e. The van der Waals surface area contributed by atoms with Gasteiger partial charge in [-0.25, -0.2) is 0 Å². The third-order valence-electron chi connectivity index (χ3n) is 8.16. The fourth-order valence-electron chi connectivity index (χ4n) is 5.60. The van der Waals surface area contributed by atoms with E-state index in [1.807, 2.05) is 0 Å². The van der Waals surface area contributed by atoms with E-state index in [0.29, 0.717) is 0 Å². The van der Waals surface area contributed by atoms with E-state index in [1.165, 1.54) is 0 Å².